The molecule has 2 aliphatic rings. The van der Waals surface area contributed by atoms with Crippen LogP contribution < -0.4 is 14.8 Å². The molecule has 1 saturated carbocycles. The van der Waals surface area contributed by atoms with Crippen LogP contribution in [0.25, 0.3) is 0 Å². The quantitative estimate of drug-likeness (QED) is 0.642. The molecule has 1 aliphatic carbocycles. The Hall–Kier alpha value is -3.29. The first kappa shape index (κ1) is 17.1. The van der Waals surface area contributed by atoms with Crippen LogP contribution in [0, 0.1) is 10.1 Å². The van der Waals surface area contributed by atoms with Crippen molar-refractivity contribution >= 4 is 17.3 Å². The summed E-state index contributed by atoms with van der Waals surface area (Å²) in [7, 11) is 2.90. The van der Waals surface area contributed by atoms with Crippen LogP contribution in [0.1, 0.15) is 34.9 Å². The molecule has 27 heavy (non-hydrogen) atoms. The Labute approximate surface area is 155 Å². The molecule has 1 amide bonds. The number of benzene rings is 2. The van der Waals surface area contributed by atoms with Gasteiger partial charge in [0.2, 0.25) is 0 Å². The van der Waals surface area contributed by atoms with Crippen LogP contribution in [0.2, 0.25) is 0 Å². The summed E-state index contributed by atoms with van der Waals surface area (Å²) in [6.45, 7) is 0. The van der Waals surface area contributed by atoms with Crippen molar-refractivity contribution in [1.82, 2.24) is 4.90 Å². The SMILES string of the molecule is COc1cc([C@H]2Nc3ccccc3C(=O)N2C2CC2)c([N+](=O)[O-])cc1OC. The zero-order valence-electron chi connectivity index (χ0n) is 15.0. The fraction of sp³-hybridized carbons (Fsp3) is 0.316. The lowest BCUT2D eigenvalue weighted by molar-refractivity contribution is -0.386. The number of nitrogens with zero attached hydrogens (tertiary/aromatic N) is 2. The molecule has 8 heteroatoms. The fourth-order valence-electron chi connectivity index (χ4n) is 3.49. The minimum absolute atomic E-state index is 0.0658. The van der Waals surface area contributed by atoms with E-state index in [2.05, 4.69) is 5.32 Å². The van der Waals surface area contributed by atoms with Gasteiger partial charge >= 0.3 is 0 Å². The lowest BCUT2D eigenvalue weighted by atomic mass is 10.0. The number of nitro benzene ring substituents is 1. The van der Waals surface area contributed by atoms with Crippen LogP contribution in [0.4, 0.5) is 11.4 Å². The number of nitrogens with one attached hydrogen (secondary N) is 1. The van der Waals surface area contributed by atoms with Crippen LogP contribution in [0.3, 0.4) is 0 Å². The smallest absolute Gasteiger partial charge is 0.280 e. The molecule has 0 radical (unpaired) electrons. The lowest BCUT2D eigenvalue weighted by Crippen LogP contribution is -2.44. The molecule has 1 atom stereocenters. The average molecular weight is 369 g/mol. The van der Waals surface area contributed by atoms with Gasteiger partial charge in [-0.25, -0.2) is 0 Å². The van der Waals surface area contributed by atoms with Crippen LogP contribution >= 0.6 is 0 Å². The Morgan fingerprint density at radius 1 is 1.15 bits per heavy atom. The van der Waals surface area contributed by atoms with E-state index >= 15 is 0 Å². The van der Waals surface area contributed by atoms with Gasteiger partial charge in [0.15, 0.2) is 11.5 Å². The van der Waals surface area contributed by atoms with Gasteiger partial charge in [-0.1, -0.05) is 12.1 Å². The molecular formula is C19H19N3O5. The number of hydrogen-bond donors (Lipinski definition) is 1. The summed E-state index contributed by atoms with van der Waals surface area (Å²) in [5.74, 6) is 0.524. The van der Waals surface area contributed by atoms with Crippen LogP contribution in [-0.2, 0) is 0 Å². The van der Waals surface area contributed by atoms with Crippen molar-refractivity contribution in [1.29, 1.82) is 0 Å². The second-order valence-electron chi connectivity index (χ2n) is 6.56. The molecule has 8 nitrogen and oxygen atoms in total. The van der Waals surface area contributed by atoms with E-state index in [1.165, 1.54) is 20.3 Å². The van der Waals surface area contributed by atoms with Gasteiger partial charge in [0.25, 0.3) is 11.6 Å². The van der Waals surface area contributed by atoms with Crippen molar-refractivity contribution in [3.8, 4) is 11.5 Å². The van der Waals surface area contributed by atoms with Gasteiger partial charge in [-0.3, -0.25) is 14.9 Å². The molecule has 0 aromatic heterocycles. The van der Waals surface area contributed by atoms with E-state index in [0.29, 0.717) is 22.6 Å². The first-order chi connectivity index (χ1) is 13.0. The third kappa shape index (κ3) is 2.83. The summed E-state index contributed by atoms with van der Waals surface area (Å²) in [6.07, 6.45) is 1.11. The number of hydrogen-bond acceptors (Lipinski definition) is 6. The van der Waals surface area contributed by atoms with E-state index in [-0.39, 0.29) is 23.4 Å². The van der Waals surface area contributed by atoms with Crippen molar-refractivity contribution in [2.45, 2.75) is 25.0 Å². The Bertz CT molecular complexity index is 926. The molecule has 0 unspecified atom stereocenters. The number of fused-ring (bicyclic) bond motifs is 1. The van der Waals surface area contributed by atoms with E-state index in [1.807, 2.05) is 12.1 Å². The Kier molecular flexibility index (Phi) is 4.10. The second kappa shape index (κ2) is 6.46. The normalized spacial score (nSPS) is 18.5. The zero-order chi connectivity index (χ0) is 19.1. The molecule has 1 heterocycles. The summed E-state index contributed by atoms with van der Waals surface area (Å²) in [6, 6.07) is 10.2. The molecular weight excluding hydrogens is 350 g/mol. The predicted molar refractivity (Wildman–Crippen MR) is 98.2 cm³/mol. The number of carbonyl (C=O) groups excluding carboxylic acids is 1. The standard InChI is InChI=1S/C19H19N3O5/c1-26-16-9-13(15(22(24)25)10-17(16)27-2)18-20-14-6-4-3-5-12(14)19(23)21(18)11-7-8-11/h3-6,9-11,18,20H,7-8H2,1-2H3/t18-/m0/s1. The minimum atomic E-state index is -0.653. The van der Waals surface area contributed by atoms with E-state index in [4.69, 9.17) is 9.47 Å². The summed E-state index contributed by atoms with van der Waals surface area (Å²) >= 11 is 0. The monoisotopic (exact) mass is 369 g/mol. The van der Waals surface area contributed by atoms with Gasteiger partial charge in [0.1, 0.15) is 6.17 Å². The van der Waals surface area contributed by atoms with Crippen molar-refractivity contribution in [3.05, 3.63) is 57.6 Å². The van der Waals surface area contributed by atoms with E-state index in [0.717, 1.165) is 12.8 Å². The number of nitro groups is 1. The number of carbonyl (C=O) groups is 1. The first-order valence-corrected chi connectivity index (χ1v) is 8.63. The molecule has 1 fully saturated rings. The maximum absolute atomic E-state index is 13.1. The third-order valence-corrected chi connectivity index (χ3v) is 4.93. The van der Waals surface area contributed by atoms with Crippen molar-refractivity contribution in [3.63, 3.8) is 0 Å². The molecule has 0 bridgehead atoms. The summed E-state index contributed by atoms with van der Waals surface area (Å²) in [4.78, 5) is 26.1. The highest BCUT2D eigenvalue weighted by Crippen LogP contribution is 2.45. The molecule has 2 aromatic rings. The number of amides is 1. The Balaban J connectivity index is 1.88. The Morgan fingerprint density at radius 2 is 1.81 bits per heavy atom. The van der Waals surface area contributed by atoms with E-state index in [9.17, 15) is 14.9 Å². The molecule has 140 valence electrons. The summed E-state index contributed by atoms with van der Waals surface area (Å²) in [5, 5.41) is 15.0. The Morgan fingerprint density at radius 3 is 2.44 bits per heavy atom. The van der Waals surface area contributed by atoms with Crippen molar-refractivity contribution < 1.29 is 19.2 Å². The van der Waals surface area contributed by atoms with Gasteiger partial charge in [0.05, 0.1) is 36.3 Å². The zero-order valence-corrected chi connectivity index (χ0v) is 15.0. The molecule has 0 spiro atoms. The molecule has 1 aliphatic heterocycles. The summed E-state index contributed by atoms with van der Waals surface area (Å²) in [5.41, 5.74) is 1.48. The third-order valence-electron chi connectivity index (χ3n) is 4.93. The van der Waals surface area contributed by atoms with E-state index in [1.54, 1.807) is 23.1 Å². The highest BCUT2D eigenvalue weighted by Gasteiger charge is 2.44. The number of methoxy groups -OCH3 is 2. The molecule has 4 rings (SSSR count). The molecule has 0 saturated heterocycles. The largest absolute Gasteiger partial charge is 0.493 e. The fourth-order valence-corrected chi connectivity index (χ4v) is 3.49. The average Bonchev–Trinajstić information content (AvgIpc) is 3.51. The van der Waals surface area contributed by atoms with Gasteiger partial charge in [0, 0.05) is 11.7 Å². The highest BCUT2D eigenvalue weighted by molar-refractivity contribution is 6.02. The number of rotatable bonds is 5. The first-order valence-electron chi connectivity index (χ1n) is 8.63. The van der Waals surface area contributed by atoms with Gasteiger partial charge in [-0.2, -0.15) is 0 Å². The van der Waals surface area contributed by atoms with Gasteiger partial charge < -0.3 is 19.7 Å². The maximum atomic E-state index is 13.1. The van der Waals surface area contributed by atoms with Crippen LogP contribution in [-0.4, -0.2) is 36.0 Å². The minimum Gasteiger partial charge on any atom is -0.493 e. The highest BCUT2D eigenvalue weighted by atomic mass is 16.6. The molecule has 2 aromatic carbocycles. The predicted octanol–water partition coefficient (Wildman–Crippen LogP) is 3.34. The topological polar surface area (TPSA) is 93.9 Å². The van der Waals surface area contributed by atoms with Crippen LogP contribution in [0.15, 0.2) is 36.4 Å². The maximum Gasteiger partial charge on any atom is 0.280 e. The second-order valence-corrected chi connectivity index (χ2v) is 6.56. The van der Waals surface area contributed by atoms with Gasteiger partial charge in [-0.15, -0.1) is 0 Å². The number of ether oxygens (including phenoxy) is 2. The summed E-state index contributed by atoms with van der Waals surface area (Å²) < 4.78 is 10.5. The van der Waals surface area contributed by atoms with Crippen molar-refractivity contribution in [2.75, 3.05) is 19.5 Å². The van der Waals surface area contributed by atoms with Crippen molar-refractivity contribution in [2.24, 2.45) is 0 Å². The van der Waals surface area contributed by atoms with Gasteiger partial charge in [-0.05, 0) is 31.0 Å². The lowest BCUT2D eigenvalue weighted by Gasteiger charge is -2.38. The molecule has 1 N–H and O–H groups in total. The number of para-hydroxylation sites is 1. The van der Waals surface area contributed by atoms with E-state index < -0.39 is 11.1 Å². The van der Waals surface area contributed by atoms with Crippen LogP contribution in [0.5, 0.6) is 11.5 Å². The number of anilines is 1.